The topological polar surface area (TPSA) is 41.1 Å². The van der Waals surface area contributed by atoms with Crippen LogP contribution in [0.15, 0.2) is 24.3 Å². The number of carbonyl (C=O) groups is 1. The summed E-state index contributed by atoms with van der Waals surface area (Å²) in [6.45, 7) is 3.85. The average molecular weight is 218 g/mol. The van der Waals surface area contributed by atoms with E-state index in [1.54, 1.807) is 0 Å². The fraction of sp³-hybridized carbons (Fsp3) is 0.462. The third kappa shape index (κ3) is 2.61. The molecule has 1 heterocycles. The van der Waals surface area contributed by atoms with Gasteiger partial charge in [-0.3, -0.25) is 4.79 Å². The summed E-state index contributed by atoms with van der Waals surface area (Å²) in [6, 6.07) is 7.88. The van der Waals surface area contributed by atoms with Crippen molar-refractivity contribution in [3.8, 4) is 0 Å². The van der Waals surface area contributed by atoms with Gasteiger partial charge in [0.15, 0.2) is 0 Å². The number of anilines is 1. The normalized spacial score (nSPS) is 20.4. The molecule has 0 spiro atoms. The van der Waals surface area contributed by atoms with Crippen LogP contribution in [0.5, 0.6) is 0 Å². The van der Waals surface area contributed by atoms with Crippen molar-refractivity contribution in [2.45, 2.75) is 19.8 Å². The Hall–Kier alpha value is -1.35. The van der Waals surface area contributed by atoms with Crippen LogP contribution >= 0.6 is 0 Å². The van der Waals surface area contributed by atoms with E-state index in [0.717, 1.165) is 37.2 Å². The SMILES string of the molecule is Cc1ccccc1NC(=O)[C@H]1CCCNC1. The monoisotopic (exact) mass is 218 g/mol. The second kappa shape index (κ2) is 5.12. The summed E-state index contributed by atoms with van der Waals surface area (Å²) in [6.07, 6.45) is 2.08. The van der Waals surface area contributed by atoms with Gasteiger partial charge in [0.2, 0.25) is 5.91 Å². The number of carbonyl (C=O) groups excluding carboxylic acids is 1. The fourth-order valence-corrected chi connectivity index (χ4v) is 2.02. The number of piperidine rings is 1. The summed E-state index contributed by atoms with van der Waals surface area (Å²) >= 11 is 0. The molecule has 1 aromatic rings. The molecule has 2 N–H and O–H groups in total. The van der Waals surface area contributed by atoms with E-state index in [2.05, 4.69) is 10.6 Å². The highest BCUT2D eigenvalue weighted by Crippen LogP contribution is 2.17. The molecule has 1 aromatic carbocycles. The molecule has 3 nitrogen and oxygen atoms in total. The fourth-order valence-electron chi connectivity index (χ4n) is 2.02. The predicted octanol–water partition coefficient (Wildman–Crippen LogP) is 1.93. The standard InChI is InChI=1S/C13H18N2O/c1-10-5-2-3-7-12(10)15-13(16)11-6-4-8-14-9-11/h2-3,5,7,11,14H,4,6,8-9H2,1H3,(H,15,16)/t11-/m0/s1. The van der Waals surface area contributed by atoms with Crippen molar-refractivity contribution in [3.05, 3.63) is 29.8 Å². The molecular formula is C13H18N2O. The van der Waals surface area contributed by atoms with Gasteiger partial charge in [0.25, 0.3) is 0 Å². The van der Waals surface area contributed by atoms with Gasteiger partial charge < -0.3 is 10.6 Å². The molecule has 0 aromatic heterocycles. The second-order valence-electron chi connectivity index (χ2n) is 4.35. The Labute approximate surface area is 96.2 Å². The van der Waals surface area contributed by atoms with Gasteiger partial charge in [-0.15, -0.1) is 0 Å². The summed E-state index contributed by atoms with van der Waals surface area (Å²) in [4.78, 5) is 12.0. The van der Waals surface area contributed by atoms with Crippen LogP contribution in [0.25, 0.3) is 0 Å². The third-order valence-corrected chi connectivity index (χ3v) is 3.07. The summed E-state index contributed by atoms with van der Waals surface area (Å²) in [5, 5.41) is 6.26. The lowest BCUT2D eigenvalue weighted by Gasteiger charge is -2.22. The van der Waals surface area contributed by atoms with Crippen LogP contribution in [0.1, 0.15) is 18.4 Å². The summed E-state index contributed by atoms with van der Waals surface area (Å²) in [5.74, 6) is 0.259. The molecule has 0 radical (unpaired) electrons. The van der Waals surface area contributed by atoms with Gasteiger partial charge in [-0.1, -0.05) is 18.2 Å². The maximum absolute atomic E-state index is 12.0. The third-order valence-electron chi connectivity index (χ3n) is 3.07. The Kier molecular flexibility index (Phi) is 3.57. The van der Waals surface area contributed by atoms with Gasteiger partial charge in [0.1, 0.15) is 0 Å². The van der Waals surface area contributed by atoms with E-state index in [4.69, 9.17) is 0 Å². The highest BCUT2D eigenvalue weighted by Gasteiger charge is 2.20. The first-order valence-corrected chi connectivity index (χ1v) is 5.84. The summed E-state index contributed by atoms with van der Waals surface area (Å²) in [7, 11) is 0. The van der Waals surface area contributed by atoms with Gasteiger partial charge in [-0.25, -0.2) is 0 Å². The van der Waals surface area contributed by atoms with Crippen LogP contribution in [-0.2, 0) is 4.79 Å². The predicted molar refractivity (Wildman–Crippen MR) is 65.4 cm³/mol. The first-order valence-electron chi connectivity index (χ1n) is 5.84. The number of hydrogen-bond donors (Lipinski definition) is 2. The molecule has 1 aliphatic heterocycles. The number of aryl methyl sites for hydroxylation is 1. The minimum absolute atomic E-state index is 0.119. The van der Waals surface area contributed by atoms with Gasteiger partial charge in [0.05, 0.1) is 5.92 Å². The molecule has 0 aliphatic carbocycles. The van der Waals surface area contributed by atoms with Gasteiger partial charge in [-0.2, -0.15) is 0 Å². The zero-order valence-corrected chi connectivity index (χ0v) is 9.62. The van der Waals surface area contributed by atoms with E-state index >= 15 is 0 Å². The number of hydrogen-bond acceptors (Lipinski definition) is 2. The van der Waals surface area contributed by atoms with E-state index in [9.17, 15) is 4.79 Å². The second-order valence-corrected chi connectivity index (χ2v) is 4.35. The van der Waals surface area contributed by atoms with Crippen LogP contribution in [0.2, 0.25) is 0 Å². The Balaban J connectivity index is 1.99. The zero-order valence-electron chi connectivity index (χ0n) is 9.62. The maximum Gasteiger partial charge on any atom is 0.228 e. The van der Waals surface area contributed by atoms with Crippen molar-refractivity contribution in [2.24, 2.45) is 5.92 Å². The smallest absolute Gasteiger partial charge is 0.228 e. The van der Waals surface area contributed by atoms with Crippen molar-refractivity contribution in [2.75, 3.05) is 18.4 Å². The van der Waals surface area contributed by atoms with Crippen LogP contribution in [-0.4, -0.2) is 19.0 Å². The van der Waals surface area contributed by atoms with Crippen LogP contribution < -0.4 is 10.6 Å². The van der Waals surface area contributed by atoms with Gasteiger partial charge in [-0.05, 0) is 37.9 Å². The molecule has 2 rings (SSSR count). The Morgan fingerprint density at radius 1 is 1.44 bits per heavy atom. The molecule has 1 atom stereocenters. The molecule has 1 amide bonds. The van der Waals surface area contributed by atoms with E-state index in [1.807, 2.05) is 31.2 Å². The minimum atomic E-state index is 0.119. The lowest BCUT2D eigenvalue weighted by molar-refractivity contribution is -0.120. The quantitative estimate of drug-likeness (QED) is 0.796. The largest absolute Gasteiger partial charge is 0.326 e. The zero-order chi connectivity index (χ0) is 11.4. The molecular weight excluding hydrogens is 200 g/mol. The molecule has 3 heteroatoms. The van der Waals surface area contributed by atoms with Crippen molar-refractivity contribution in [1.82, 2.24) is 5.32 Å². The Morgan fingerprint density at radius 3 is 2.94 bits per heavy atom. The lowest BCUT2D eigenvalue weighted by atomic mass is 9.98. The highest BCUT2D eigenvalue weighted by atomic mass is 16.1. The minimum Gasteiger partial charge on any atom is -0.326 e. The summed E-state index contributed by atoms with van der Waals surface area (Å²) in [5.41, 5.74) is 2.04. The molecule has 16 heavy (non-hydrogen) atoms. The van der Waals surface area contributed by atoms with Crippen LogP contribution in [0.3, 0.4) is 0 Å². The summed E-state index contributed by atoms with van der Waals surface area (Å²) < 4.78 is 0. The van der Waals surface area contributed by atoms with Gasteiger partial charge >= 0.3 is 0 Å². The van der Waals surface area contributed by atoms with Crippen molar-refractivity contribution in [3.63, 3.8) is 0 Å². The number of rotatable bonds is 2. The highest BCUT2D eigenvalue weighted by molar-refractivity contribution is 5.93. The molecule has 1 aliphatic rings. The Morgan fingerprint density at radius 2 is 2.25 bits per heavy atom. The number of nitrogens with one attached hydrogen (secondary N) is 2. The van der Waals surface area contributed by atoms with E-state index in [0.29, 0.717) is 0 Å². The van der Waals surface area contributed by atoms with Gasteiger partial charge in [0, 0.05) is 12.2 Å². The van der Waals surface area contributed by atoms with E-state index in [-0.39, 0.29) is 11.8 Å². The number of para-hydroxylation sites is 1. The van der Waals surface area contributed by atoms with Crippen molar-refractivity contribution < 1.29 is 4.79 Å². The van der Waals surface area contributed by atoms with Crippen molar-refractivity contribution in [1.29, 1.82) is 0 Å². The maximum atomic E-state index is 12.0. The molecule has 86 valence electrons. The first kappa shape index (κ1) is 11.1. The molecule has 0 saturated carbocycles. The Bertz CT molecular complexity index is 370. The number of benzene rings is 1. The molecule has 1 fully saturated rings. The molecule has 0 bridgehead atoms. The molecule has 0 unspecified atom stereocenters. The van der Waals surface area contributed by atoms with E-state index < -0.39 is 0 Å². The van der Waals surface area contributed by atoms with Crippen LogP contribution in [0, 0.1) is 12.8 Å². The number of amides is 1. The molecule has 1 saturated heterocycles. The van der Waals surface area contributed by atoms with E-state index in [1.165, 1.54) is 0 Å². The van der Waals surface area contributed by atoms with Crippen molar-refractivity contribution >= 4 is 11.6 Å². The van der Waals surface area contributed by atoms with Crippen LogP contribution in [0.4, 0.5) is 5.69 Å². The first-order chi connectivity index (χ1) is 7.77. The average Bonchev–Trinajstić information content (AvgIpc) is 2.33. The lowest BCUT2D eigenvalue weighted by Crippen LogP contribution is -2.37.